The first-order chi connectivity index (χ1) is 7.49. The first-order valence-corrected chi connectivity index (χ1v) is 4.70. The van der Waals surface area contributed by atoms with Gasteiger partial charge in [0.15, 0.2) is 0 Å². The van der Waals surface area contributed by atoms with Crippen molar-refractivity contribution in [3.05, 3.63) is 30.1 Å². The van der Waals surface area contributed by atoms with Crippen LogP contribution in [0.25, 0.3) is 11.0 Å². The molecule has 0 aliphatic rings. The van der Waals surface area contributed by atoms with E-state index in [1.54, 1.807) is 12.1 Å². The lowest BCUT2D eigenvalue weighted by molar-refractivity contribution is -0.139. The van der Waals surface area contributed by atoms with Crippen LogP contribution in [-0.2, 0) is 13.1 Å². The maximum Gasteiger partial charge on any atom is 0.406 e. The van der Waals surface area contributed by atoms with E-state index in [1.807, 2.05) is 0 Å². The van der Waals surface area contributed by atoms with Crippen molar-refractivity contribution < 1.29 is 13.2 Å². The number of aromatic nitrogens is 2. The van der Waals surface area contributed by atoms with Gasteiger partial charge < -0.3 is 10.3 Å². The van der Waals surface area contributed by atoms with Crippen molar-refractivity contribution in [1.29, 1.82) is 0 Å². The Bertz CT molecular complexity index is 507. The van der Waals surface area contributed by atoms with Crippen molar-refractivity contribution in [3.63, 3.8) is 0 Å². The molecule has 0 aliphatic carbocycles. The minimum absolute atomic E-state index is 0. The van der Waals surface area contributed by atoms with Crippen molar-refractivity contribution in [2.75, 3.05) is 0 Å². The lowest BCUT2D eigenvalue weighted by Gasteiger charge is -2.08. The Kier molecular flexibility index (Phi) is 4.00. The Morgan fingerprint density at radius 2 is 2.06 bits per heavy atom. The Hall–Kier alpha value is -1.27. The van der Waals surface area contributed by atoms with Gasteiger partial charge in [-0.2, -0.15) is 13.2 Å². The quantitative estimate of drug-likeness (QED) is 0.907. The number of rotatable bonds is 2. The van der Waals surface area contributed by atoms with E-state index in [0.29, 0.717) is 17.6 Å². The second kappa shape index (κ2) is 4.93. The van der Waals surface area contributed by atoms with Crippen LogP contribution in [0.1, 0.15) is 5.56 Å². The number of nitrogens with two attached hydrogens (primary N) is 1. The molecule has 0 fully saturated rings. The standard InChI is InChI=1S/C10H10F3N3.ClH/c11-10(12,13)6-16-2-1-8-3-7(4-14)5-15-9(8)16;/h1-3,5H,4,6,14H2;1H. The van der Waals surface area contributed by atoms with Crippen LogP contribution in [-0.4, -0.2) is 15.7 Å². The smallest absolute Gasteiger partial charge is 0.326 e. The maximum absolute atomic E-state index is 12.2. The van der Waals surface area contributed by atoms with Gasteiger partial charge in [0.2, 0.25) is 0 Å². The molecule has 0 aliphatic heterocycles. The normalized spacial score (nSPS) is 11.5. The molecular weight excluding hydrogens is 255 g/mol. The largest absolute Gasteiger partial charge is 0.406 e. The molecule has 0 saturated heterocycles. The highest BCUT2D eigenvalue weighted by molar-refractivity contribution is 5.85. The average Bonchev–Trinajstić information content (AvgIpc) is 2.58. The van der Waals surface area contributed by atoms with Gasteiger partial charge in [-0.3, -0.25) is 0 Å². The molecule has 17 heavy (non-hydrogen) atoms. The molecule has 0 saturated carbocycles. The minimum Gasteiger partial charge on any atom is -0.326 e. The molecule has 0 radical (unpaired) electrons. The highest BCUT2D eigenvalue weighted by atomic mass is 35.5. The molecule has 0 aromatic carbocycles. The lowest BCUT2D eigenvalue weighted by atomic mass is 10.2. The summed E-state index contributed by atoms with van der Waals surface area (Å²) in [7, 11) is 0. The number of fused-ring (bicyclic) bond motifs is 1. The van der Waals surface area contributed by atoms with Gasteiger partial charge in [-0.1, -0.05) is 0 Å². The van der Waals surface area contributed by atoms with E-state index in [0.717, 1.165) is 10.1 Å². The molecule has 7 heteroatoms. The number of pyridine rings is 1. The van der Waals surface area contributed by atoms with E-state index >= 15 is 0 Å². The molecule has 3 nitrogen and oxygen atoms in total. The molecule has 0 amide bonds. The number of nitrogens with zero attached hydrogens (tertiary/aromatic N) is 2. The van der Waals surface area contributed by atoms with Gasteiger partial charge in [0, 0.05) is 24.3 Å². The molecule has 0 bridgehead atoms. The van der Waals surface area contributed by atoms with Crippen molar-refractivity contribution in [3.8, 4) is 0 Å². The molecule has 2 heterocycles. The second-order valence-corrected chi connectivity index (χ2v) is 3.52. The third-order valence-electron chi connectivity index (χ3n) is 2.24. The van der Waals surface area contributed by atoms with Gasteiger partial charge in [0.1, 0.15) is 12.2 Å². The molecule has 2 aromatic heterocycles. The first kappa shape index (κ1) is 13.8. The van der Waals surface area contributed by atoms with Gasteiger partial charge in [0.05, 0.1) is 0 Å². The Morgan fingerprint density at radius 1 is 1.35 bits per heavy atom. The fourth-order valence-electron chi connectivity index (χ4n) is 1.56. The number of alkyl halides is 3. The molecule has 0 spiro atoms. The summed E-state index contributed by atoms with van der Waals surface area (Å²) in [5, 5.41) is 0.673. The number of hydrogen-bond acceptors (Lipinski definition) is 2. The third-order valence-corrected chi connectivity index (χ3v) is 2.24. The van der Waals surface area contributed by atoms with E-state index in [2.05, 4.69) is 4.98 Å². The van der Waals surface area contributed by atoms with E-state index in [4.69, 9.17) is 5.73 Å². The summed E-state index contributed by atoms with van der Waals surface area (Å²) in [6.45, 7) is -0.696. The topological polar surface area (TPSA) is 43.8 Å². The van der Waals surface area contributed by atoms with Crippen molar-refractivity contribution in [1.82, 2.24) is 9.55 Å². The van der Waals surface area contributed by atoms with Crippen LogP contribution >= 0.6 is 12.4 Å². The predicted octanol–water partition coefficient (Wildman–Crippen LogP) is 2.48. The highest BCUT2D eigenvalue weighted by Crippen LogP contribution is 2.21. The van der Waals surface area contributed by atoms with Crippen LogP contribution in [0.15, 0.2) is 24.5 Å². The molecule has 2 aromatic rings. The summed E-state index contributed by atoms with van der Waals surface area (Å²) in [5.41, 5.74) is 6.55. The summed E-state index contributed by atoms with van der Waals surface area (Å²) >= 11 is 0. The van der Waals surface area contributed by atoms with Gasteiger partial charge in [-0.05, 0) is 17.7 Å². The molecule has 2 rings (SSSR count). The van der Waals surface area contributed by atoms with Gasteiger partial charge in [-0.25, -0.2) is 4.98 Å². The van der Waals surface area contributed by atoms with Gasteiger partial charge in [-0.15, -0.1) is 12.4 Å². The van der Waals surface area contributed by atoms with Crippen LogP contribution in [0.3, 0.4) is 0 Å². The fraction of sp³-hybridized carbons (Fsp3) is 0.300. The molecule has 2 N–H and O–H groups in total. The third kappa shape index (κ3) is 3.10. The van der Waals surface area contributed by atoms with Crippen LogP contribution in [0, 0.1) is 0 Å². The van der Waals surface area contributed by atoms with Crippen LogP contribution in [0.4, 0.5) is 13.2 Å². The Labute approximate surface area is 102 Å². The van der Waals surface area contributed by atoms with Crippen molar-refractivity contribution in [2.45, 2.75) is 19.3 Å². The monoisotopic (exact) mass is 265 g/mol. The molecule has 94 valence electrons. The minimum atomic E-state index is -4.24. The fourth-order valence-corrected chi connectivity index (χ4v) is 1.56. The van der Waals surface area contributed by atoms with E-state index < -0.39 is 12.7 Å². The zero-order chi connectivity index (χ0) is 11.8. The van der Waals surface area contributed by atoms with E-state index in [1.165, 1.54) is 12.4 Å². The van der Waals surface area contributed by atoms with Crippen molar-refractivity contribution >= 4 is 23.4 Å². The zero-order valence-electron chi connectivity index (χ0n) is 8.74. The SMILES string of the molecule is Cl.NCc1cnc2c(ccn2CC(F)(F)F)c1. The predicted molar refractivity (Wildman–Crippen MR) is 60.9 cm³/mol. The summed E-state index contributed by atoms with van der Waals surface area (Å²) in [4.78, 5) is 3.98. The lowest BCUT2D eigenvalue weighted by Crippen LogP contribution is -2.17. The summed E-state index contributed by atoms with van der Waals surface area (Å²) in [5.74, 6) is 0. The number of halogens is 4. The summed E-state index contributed by atoms with van der Waals surface area (Å²) in [6, 6.07) is 3.35. The highest BCUT2D eigenvalue weighted by Gasteiger charge is 2.28. The average molecular weight is 266 g/mol. The first-order valence-electron chi connectivity index (χ1n) is 4.70. The van der Waals surface area contributed by atoms with E-state index in [-0.39, 0.29) is 12.4 Å². The molecule has 0 unspecified atom stereocenters. The van der Waals surface area contributed by atoms with Gasteiger partial charge in [0.25, 0.3) is 0 Å². The second-order valence-electron chi connectivity index (χ2n) is 3.52. The van der Waals surface area contributed by atoms with Crippen LogP contribution < -0.4 is 5.73 Å². The number of hydrogen-bond donors (Lipinski definition) is 1. The van der Waals surface area contributed by atoms with Gasteiger partial charge >= 0.3 is 6.18 Å². The zero-order valence-corrected chi connectivity index (χ0v) is 9.55. The molecular formula is C10H11ClF3N3. The summed E-state index contributed by atoms with van der Waals surface area (Å²) in [6.07, 6.45) is -1.36. The Morgan fingerprint density at radius 3 is 2.65 bits per heavy atom. The van der Waals surface area contributed by atoms with Crippen LogP contribution in [0.2, 0.25) is 0 Å². The Balaban J connectivity index is 0.00000144. The van der Waals surface area contributed by atoms with Crippen molar-refractivity contribution in [2.24, 2.45) is 5.73 Å². The van der Waals surface area contributed by atoms with E-state index in [9.17, 15) is 13.2 Å². The maximum atomic E-state index is 12.2. The summed E-state index contributed by atoms with van der Waals surface area (Å²) < 4.78 is 37.7. The molecule has 0 atom stereocenters. The van der Waals surface area contributed by atoms with Crippen LogP contribution in [0.5, 0.6) is 0 Å².